The van der Waals surface area contributed by atoms with E-state index in [4.69, 9.17) is 0 Å². The first-order valence-corrected chi connectivity index (χ1v) is 15.7. The Bertz CT molecular complexity index is 2570. The van der Waals surface area contributed by atoms with Gasteiger partial charge < -0.3 is 9.05 Å². The highest BCUT2D eigenvalue weighted by Crippen LogP contribution is 2.55. The Balaban J connectivity index is 1.40. The number of nitrogens with zero attached hydrogens (tertiary/aromatic N) is 2. The molecule has 3 aliphatic rings. The molecule has 2 nitrogen and oxygen atoms in total. The minimum absolute atomic E-state index is 0.101. The summed E-state index contributed by atoms with van der Waals surface area (Å²) in [5, 5.41) is 4.12. The second-order valence-corrected chi connectivity index (χ2v) is 14.0. The van der Waals surface area contributed by atoms with Crippen molar-refractivity contribution >= 4 is 71.2 Å². The van der Waals surface area contributed by atoms with Gasteiger partial charge in [0, 0.05) is 54.3 Å². The van der Waals surface area contributed by atoms with Crippen LogP contribution in [0.1, 0.15) is 30.7 Å². The molecule has 0 unspecified atom stereocenters. The fourth-order valence-corrected chi connectivity index (χ4v) is 10.2. The second-order valence-electron chi connectivity index (χ2n) is 13.0. The lowest BCUT2D eigenvalue weighted by molar-refractivity contribution is 0.624. The Kier molecular flexibility index (Phi) is 3.64. The number of fused-ring (bicyclic) bond motifs is 14. The highest BCUT2D eigenvalue weighted by atomic mass is 32.1. The van der Waals surface area contributed by atoms with Crippen molar-refractivity contribution in [3.05, 3.63) is 114 Å². The quantitative estimate of drug-likeness (QED) is 0.167. The highest BCUT2D eigenvalue weighted by Gasteiger charge is 2.47. The summed E-state index contributed by atoms with van der Waals surface area (Å²) >= 11 is 1.94. The number of thiophene rings is 1. The Labute approximate surface area is 247 Å². The van der Waals surface area contributed by atoms with Crippen LogP contribution >= 0.6 is 11.3 Å². The maximum Gasteiger partial charge on any atom is 0.333 e. The van der Waals surface area contributed by atoms with E-state index in [1.165, 1.54) is 97.8 Å². The van der Waals surface area contributed by atoms with Gasteiger partial charge in [-0.3, -0.25) is 0 Å². The standard InChI is InChI=1S/C38H25BN2S/c1-20-18-26-21-12-8-14-25-33(21)41(35-23-11-5-7-17-30(23)42-36(25)35)39-28-16-9-13-24-31-22-10-4-6-15-27(22)38(2,3)37(31)40(34(24)28)29(19-20)32(26)39/h4-19H,1-3H3. The molecular weight excluding hydrogens is 527 g/mol. The van der Waals surface area contributed by atoms with Crippen LogP contribution in [0.3, 0.4) is 0 Å². The molecule has 3 aromatic heterocycles. The first-order chi connectivity index (χ1) is 20.5. The number of rotatable bonds is 0. The van der Waals surface area contributed by atoms with Gasteiger partial charge in [-0.15, -0.1) is 11.3 Å². The number of hydrogen-bond donors (Lipinski definition) is 0. The summed E-state index contributed by atoms with van der Waals surface area (Å²) < 4.78 is 8.16. The van der Waals surface area contributed by atoms with Crippen molar-refractivity contribution in [2.75, 3.05) is 0 Å². The molecule has 0 amide bonds. The van der Waals surface area contributed by atoms with Crippen molar-refractivity contribution in [2.24, 2.45) is 0 Å². The van der Waals surface area contributed by atoms with E-state index in [-0.39, 0.29) is 12.3 Å². The van der Waals surface area contributed by atoms with Crippen LogP contribution in [0.4, 0.5) is 0 Å². The zero-order valence-corrected chi connectivity index (χ0v) is 24.4. The molecule has 0 radical (unpaired) electrons. The lowest BCUT2D eigenvalue weighted by Gasteiger charge is -2.36. The van der Waals surface area contributed by atoms with E-state index in [9.17, 15) is 0 Å². The average molecular weight is 553 g/mol. The van der Waals surface area contributed by atoms with E-state index >= 15 is 0 Å². The number of aromatic nitrogens is 2. The lowest BCUT2D eigenvalue weighted by Crippen LogP contribution is -2.55. The van der Waals surface area contributed by atoms with Crippen molar-refractivity contribution < 1.29 is 0 Å². The molecule has 2 aliphatic heterocycles. The molecule has 11 rings (SSSR count). The Morgan fingerprint density at radius 1 is 0.690 bits per heavy atom. The van der Waals surface area contributed by atoms with Gasteiger partial charge in [-0.25, -0.2) is 0 Å². The van der Waals surface area contributed by atoms with Gasteiger partial charge in [-0.1, -0.05) is 98.8 Å². The molecule has 0 bridgehead atoms. The smallest absolute Gasteiger partial charge is 0.333 e. The Morgan fingerprint density at radius 2 is 1.45 bits per heavy atom. The first kappa shape index (κ1) is 22.1. The first-order valence-electron chi connectivity index (χ1n) is 14.9. The number of para-hydroxylation sites is 2. The molecule has 8 aromatic rings. The predicted octanol–water partition coefficient (Wildman–Crippen LogP) is 8.52. The van der Waals surface area contributed by atoms with Crippen LogP contribution in [0, 0.1) is 6.92 Å². The molecule has 0 saturated heterocycles. The van der Waals surface area contributed by atoms with Gasteiger partial charge in [0.25, 0.3) is 0 Å². The van der Waals surface area contributed by atoms with E-state index < -0.39 is 0 Å². The Morgan fingerprint density at radius 3 is 2.38 bits per heavy atom. The molecule has 4 heteroatoms. The fraction of sp³-hybridized carbons (Fsp3) is 0.105. The maximum atomic E-state index is 2.72. The molecule has 0 N–H and O–H groups in total. The van der Waals surface area contributed by atoms with Crippen molar-refractivity contribution in [1.29, 1.82) is 0 Å². The second kappa shape index (κ2) is 6.91. The van der Waals surface area contributed by atoms with Gasteiger partial charge in [-0.05, 0) is 52.2 Å². The summed E-state index contributed by atoms with van der Waals surface area (Å²) in [5.41, 5.74) is 18.0. The van der Waals surface area contributed by atoms with E-state index in [1.54, 1.807) is 0 Å². The number of benzene rings is 5. The monoisotopic (exact) mass is 552 g/mol. The van der Waals surface area contributed by atoms with Crippen molar-refractivity contribution in [3.8, 4) is 27.9 Å². The zero-order valence-electron chi connectivity index (χ0n) is 23.6. The molecule has 0 spiro atoms. The van der Waals surface area contributed by atoms with E-state index in [2.05, 4.69) is 127 Å². The van der Waals surface area contributed by atoms with Gasteiger partial charge in [0.2, 0.25) is 0 Å². The SMILES string of the molecule is Cc1cc2c3c(c1)-n1c4c(c5cccc(c51)B3n1c3c-2cccc3c2sc3ccccc3c21)-c1ccccc1C4(C)C. The number of aryl methyl sites for hydroxylation is 1. The summed E-state index contributed by atoms with van der Waals surface area (Å²) in [6, 6.07) is 37.0. The van der Waals surface area contributed by atoms with Crippen LogP contribution in [0.25, 0.3) is 70.0 Å². The van der Waals surface area contributed by atoms with E-state index in [0.29, 0.717) is 0 Å². The molecule has 42 heavy (non-hydrogen) atoms. The molecule has 196 valence electrons. The molecular formula is C38H25BN2S. The highest BCUT2D eigenvalue weighted by molar-refractivity contribution is 7.27. The fourth-order valence-electron chi connectivity index (χ4n) is 8.99. The van der Waals surface area contributed by atoms with Gasteiger partial charge in [0.1, 0.15) is 0 Å². The summed E-state index contributed by atoms with van der Waals surface area (Å²) in [6.07, 6.45) is 0. The topological polar surface area (TPSA) is 9.86 Å². The molecule has 0 saturated carbocycles. The summed E-state index contributed by atoms with van der Waals surface area (Å²) in [4.78, 5) is 0. The van der Waals surface area contributed by atoms with Gasteiger partial charge in [0.05, 0.1) is 15.7 Å². The van der Waals surface area contributed by atoms with Crippen LogP contribution in [-0.4, -0.2) is 15.9 Å². The molecule has 1 aliphatic carbocycles. The summed E-state index contributed by atoms with van der Waals surface area (Å²) in [5.74, 6) is 0. The maximum absolute atomic E-state index is 2.72. The van der Waals surface area contributed by atoms with Crippen LogP contribution in [0.5, 0.6) is 0 Å². The van der Waals surface area contributed by atoms with Gasteiger partial charge in [0.15, 0.2) is 0 Å². The minimum atomic E-state index is -0.101. The molecule has 0 fully saturated rings. The molecule has 5 heterocycles. The van der Waals surface area contributed by atoms with Crippen LogP contribution in [0.2, 0.25) is 0 Å². The third kappa shape index (κ3) is 2.23. The largest absolute Gasteiger partial charge is 0.374 e. The summed E-state index contributed by atoms with van der Waals surface area (Å²) in [6.45, 7) is 7.22. The Hall–Kier alpha value is -4.54. The van der Waals surface area contributed by atoms with Crippen molar-refractivity contribution in [2.45, 2.75) is 26.2 Å². The van der Waals surface area contributed by atoms with Crippen LogP contribution in [-0.2, 0) is 5.41 Å². The lowest BCUT2D eigenvalue weighted by atomic mass is 9.45. The minimum Gasteiger partial charge on any atom is -0.374 e. The van der Waals surface area contributed by atoms with Crippen molar-refractivity contribution in [3.63, 3.8) is 0 Å². The van der Waals surface area contributed by atoms with E-state index in [0.717, 1.165) is 0 Å². The third-order valence-corrected chi connectivity index (χ3v) is 11.7. The molecule has 5 aromatic carbocycles. The normalized spacial score (nSPS) is 15.2. The third-order valence-electron chi connectivity index (χ3n) is 10.5. The van der Waals surface area contributed by atoms with E-state index in [1.807, 2.05) is 11.3 Å². The average Bonchev–Trinajstić information content (AvgIpc) is 3.71. The van der Waals surface area contributed by atoms with Crippen LogP contribution in [0.15, 0.2) is 97.1 Å². The summed E-state index contributed by atoms with van der Waals surface area (Å²) in [7, 11) is 0. The van der Waals surface area contributed by atoms with Crippen LogP contribution < -0.4 is 10.9 Å². The predicted molar refractivity (Wildman–Crippen MR) is 180 cm³/mol. The zero-order chi connectivity index (χ0) is 27.6. The molecule has 0 atom stereocenters. The van der Waals surface area contributed by atoms with Crippen molar-refractivity contribution in [1.82, 2.24) is 9.05 Å². The van der Waals surface area contributed by atoms with Gasteiger partial charge in [-0.2, -0.15) is 0 Å². The number of hydrogen-bond acceptors (Lipinski definition) is 1. The van der Waals surface area contributed by atoms with Gasteiger partial charge >= 0.3 is 6.85 Å².